The van der Waals surface area contributed by atoms with Gasteiger partial charge in [0, 0.05) is 30.3 Å². The quantitative estimate of drug-likeness (QED) is 0.474. The molecule has 3 heterocycles. The standard InChI is InChI=1S/C26H25N3O6S/c1-2-24(30)28-25-13-20-15-29(16-23(20)35-25)36(32,33)21-8-6-18(7-9-21)26(31)27-14-17-5-10-22-19(12-17)4-3-11-34-22/h2,5-10,12-13H,1,3-4,11,14-16H2,(H,27,31)(H,28,30). The first-order valence-electron chi connectivity index (χ1n) is 11.5. The van der Waals surface area contributed by atoms with Crippen molar-refractivity contribution in [1.29, 1.82) is 0 Å². The summed E-state index contributed by atoms with van der Waals surface area (Å²) in [5.74, 6) is 0.924. The van der Waals surface area contributed by atoms with Crippen molar-refractivity contribution in [2.75, 3.05) is 11.9 Å². The number of benzene rings is 2. The molecular weight excluding hydrogens is 482 g/mol. The lowest BCUT2D eigenvalue weighted by atomic mass is 10.0. The first kappa shape index (κ1) is 23.8. The Morgan fingerprint density at radius 3 is 2.61 bits per heavy atom. The molecule has 5 rings (SSSR count). The number of rotatable bonds is 7. The van der Waals surface area contributed by atoms with Gasteiger partial charge in [-0.05, 0) is 60.4 Å². The maximum Gasteiger partial charge on any atom is 0.251 e. The van der Waals surface area contributed by atoms with Gasteiger partial charge in [0.1, 0.15) is 11.5 Å². The number of anilines is 1. The SMILES string of the molecule is C=CC(=O)Nc1cc2c(o1)CN(S(=O)(=O)c1ccc(C(=O)NCc3ccc4c(c3)CCCO4)cc1)C2. The van der Waals surface area contributed by atoms with Crippen LogP contribution in [-0.4, -0.2) is 31.1 Å². The number of fused-ring (bicyclic) bond motifs is 2. The van der Waals surface area contributed by atoms with Crippen molar-refractivity contribution >= 4 is 27.7 Å². The Morgan fingerprint density at radius 2 is 1.86 bits per heavy atom. The molecule has 0 bridgehead atoms. The minimum Gasteiger partial charge on any atom is -0.493 e. The van der Waals surface area contributed by atoms with Crippen LogP contribution in [-0.2, 0) is 40.9 Å². The Kier molecular flexibility index (Phi) is 6.38. The van der Waals surface area contributed by atoms with Crippen LogP contribution < -0.4 is 15.4 Å². The van der Waals surface area contributed by atoms with Gasteiger partial charge in [-0.15, -0.1) is 0 Å². The lowest BCUT2D eigenvalue weighted by molar-refractivity contribution is -0.112. The number of sulfonamides is 1. The van der Waals surface area contributed by atoms with Gasteiger partial charge in [-0.25, -0.2) is 8.42 Å². The van der Waals surface area contributed by atoms with E-state index in [1.165, 1.54) is 28.6 Å². The molecule has 3 aromatic rings. The predicted molar refractivity (Wildman–Crippen MR) is 132 cm³/mol. The second-order valence-electron chi connectivity index (χ2n) is 8.63. The first-order valence-corrected chi connectivity index (χ1v) is 13.0. The number of ether oxygens (including phenoxy) is 1. The average molecular weight is 508 g/mol. The smallest absolute Gasteiger partial charge is 0.251 e. The van der Waals surface area contributed by atoms with Gasteiger partial charge in [-0.2, -0.15) is 4.31 Å². The van der Waals surface area contributed by atoms with Crippen molar-refractivity contribution in [3.63, 3.8) is 0 Å². The van der Waals surface area contributed by atoms with Crippen LogP contribution in [0.5, 0.6) is 5.75 Å². The second-order valence-corrected chi connectivity index (χ2v) is 10.6. The summed E-state index contributed by atoms with van der Waals surface area (Å²) in [6, 6.07) is 13.4. The number of amides is 2. The molecule has 0 atom stereocenters. The van der Waals surface area contributed by atoms with E-state index in [1.54, 1.807) is 6.07 Å². The molecule has 2 aliphatic heterocycles. The largest absolute Gasteiger partial charge is 0.493 e. The van der Waals surface area contributed by atoms with Crippen LogP contribution in [0.25, 0.3) is 0 Å². The van der Waals surface area contributed by atoms with Gasteiger partial charge in [0.2, 0.25) is 15.9 Å². The molecule has 10 heteroatoms. The van der Waals surface area contributed by atoms with Crippen LogP contribution in [0.15, 0.2) is 70.5 Å². The highest BCUT2D eigenvalue weighted by atomic mass is 32.2. The number of carbonyl (C=O) groups is 2. The van der Waals surface area contributed by atoms with E-state index >= 15 is 0 Å². The molecule has 0 fully saturated rings. The summed E-state index contributed by atoms with van der Waals surface area (Å²) in [5, 5.41) is 5.40. The number of furan rings is 1. The normalized spacial score (nSPS) is 14.9. The van der Waals surface area contributed by atoms with E-state index in [4.69, 9.17) is 9.15 Å². The van der Waals surface area contributed by atoms with Crippen molar-refractivity contribution in [3.05, 3.63) is 89.2 Å². The third-order valence-corrected chi connectivity index (χ3v) is 7.98. The molecule has 0 unspecified atom stereocenters. The molecule has 2 aliphatic rings. The predicted octanol–water partition coefficient (Wildman–Crippen LogP) is 3.36. The highest BCUT2D eigenvalue weighted by Crippen LogP contribution is 2.33. The fraction of sp³-hybridized carbons (Fsp3) is 0.231. The minimum absolute atomic E-state index is 0.0513. The van der Waals surface area contributed by atoms with Crippen LogP contribution >= 0.6 is 0 Å². The van der Waals surface area contributed by atoms with Gasteiger partial charge in [-0.1, -0.05) is 18.7 Å². The Balaban J connectivity index is 1.20. The van der Waals surface area contributed by atoms with E-state index in [0.717, 1.165) is 42.4 Å². The molecule has 2 N–H and O–H groups in total. The molecule has 2 aromatic carbocycles. The third kappa shape index (κ3) is 4.77. The van der Waals surface area contributed by atoms with Crippen molar-refractivity contribution in [2.24, 2.45) is 0 Å². The Bertz CT molecular complexity index is 1420. The molecule has 36 heavy (non-hydrogen) atoms. The van der Waals surface area contributed by atoms with Crippen LogP contribution in [0.4, 0.5) is 5.88 Å². The maximum absolute atomic E-state index is 13.1. The summed E-state index contributed by atoms with van der Waals surface area (Å²) >= 11 is 0. The summed E-state index contributed by atoms with van der Waals surface area (Å²) < 4.78 is 38.7. The zero-order valence-corrected chi connectivity index (χ0v) is 20.3. The van der Waals surface area contributed by atoms with Crippen molar-refractivity contribution < 1.29 is 27.2 Å². The van der Waals surface area contributed by atoms with Gasteiger partial charge in [0.05, 0.1) is 18.0 Å². The summed E-state index contributed by atoms with van der Waals surface area (Å²) in [4.78, 5) is 24.1. The van der Waals surface area contributed by atoms with Gasteiger partial charge in [-0.3, -0.25) is 14.9 Å². The molecule has 0 aliphatic carbocycles. The molecular formula is C26H25N3O6S. The number of hydrogen-bond donors (Lipinski definition) is 2. The zero-order chi connectivity index (χ0) is 25.3. The zero-order valence-electron chi connectivity index (χ0n) is 19.5. The van der Waals surface area contributed by atoms with Crippen LogP contribution in [0.1, 0.15) is 39.2 Å². The van der Waals surface area contributed by atoms with E-state index in [2.05, 4.69) is 17.2 Å². The average Bonchev–Trinajstić information content (AvgIpc) is 3.46. The Hall–Kier alpha value is -3.89. The molecule has 1 aromatic heterocycles. The van der Waals surface area contributed by atoms with Crippen molar-refractivity contribution in [1.82, 2.24) is 9.62 Å². The van der Waals surface area contributed by atoms with Gasteiger partial charge < -0.3 is 14.5 Å². The summed E-state index contributed by atoms with van der Waals surface area (Å²) in [7, 11) is -3.80. The molecule has 9 nitrogen and oxygen atoms in total. The number of nitrogens with one attached hydrogen (secondary N) is 2. The lowest BCUT2D eigenvalue weighted by Crippen LogP contribution is -2.26. The van der Waals surface area contributed by atoms with Crippen LogP contribution in [0.2, 0.25) is 0 Å². The lowest BCUT2D eigenvalue weighted by Gasteiger charge is -2.18. The molecule has 0 saturated heterocycles. The van der Waals surface area contributed by atoms with Crippen LogP contribution in [0.3, 0.4) is 0 Å². The van der Waals surface area contributed by atoms with Crippen molar-refractivity contribution in [2.45, 2.75) is 37.4 Å². The highest BCUT2D eigenvalue weighted by Gasteiger charge is 2.33. The fourth-order valence-corrected chi connectivity index (χ4v) is 5.65. The number of carbonyl (C=O) groups excluding carboxylic acids is 2. The van der Waals surface area contributed by atoms with E-state index in [1.807, 2.05) is 18.2 Å². The molecule has 186 valence electrons. The Morgan fingerprint density at radius 1 is 1.06 bits per heavy atom. The molecule has 0 spiro atoms. The topological polar surface area (TPSA) is 118 Å². The van der Waals surface area contributed by atoms with Crippen molar-refractivity contribution in [3.8, 4) is 5.75 Å². The van der Waals surface area contributed by atoms with E-state index in [9.17, 15) is 18.0 Å². The number of nitrogens with zero attached hydrogens (tertiary/aromatic N) is 1. The molecule has 0 saturated carbocycles. The highest BCUT2D eigenvalue weighted by molar-refractivity contribution is 7.89. The summed E-state index contributed by atoms with van der Waals surface area (Å²) in [6.07, 6.45) is 3.06. The minimum atomic E-state index is -3.80. The van der Waals surface area contributed by atoms with Gasteiger partial charge >= 0.3 is 0 Å². The second kappa shape index (κ2) is 9.63. The summed E-state index contributed by atoms with van der Waals surface area (Å²) in [6.45, 7) is 4.65. The Labute approximate surface area is 208 Å². The van der Waals surface area contributed by atoms with E-state index < -0.39 is 15.9 Å². The first-order chi connectivity index (χ1) is 17.3. The molecule has 2 amide bonds. The molecule has 0 radical (unpaired) electrons. The number of hydrogen-bond acceptors (Lipinski definition) is 6. The fourth-order valence-electron chi connectivity index (χ4n) is 4.28. The van der Waals surface area contributed by atoms with Crippen LogP contribution in [0, 0.1) is 0 Å². The van der Waals surface area contributed by atoms with E-state index in [-0.39, 0.29) is 29.8 Å². The maximum atomic E-state index is 13.1. The monoisotopic (exact) mass is 507 g/mol. The third-order valence-electron chi connectivity index (χ3n) is 6.18. The summed E-state index contributed by atoms with van der Waals surface area (Å²) in [5.41, 5.74) is 3.17. The van der Waals surface area contributed by atoms with E-state index in [0.29, 0.717) is 23.4 Å². The van der Waals surface area contributed by atoms with Gasteiger partial charge in [0.15, 0.2) is 5.88 Å². The van der Waals surface area contributed by atoms with Gasteiger partial charge in [0.25, 0.3) is 5.91 Å². The number of aryl methyl sites for hydroxylation is 1.